The van der Waals surface area contributed by atoms with Crippen LogP contribution in [0.4, 0.5) is 10.1 Å². The molecule has 0 saturated heterocycles. The average Bonchev–Trinajstić information content (AvgIpc) is 2.30. The highest BCUT2D eigenvalue weighted by Gasteiger charge is 2.11. The maximum absolute atomic E-state index is 13.6. The average molecular weight is 289 g/mol. The zero-order chi connectivity index (χ0) is 14.5. The lowest BCUT2D eigenvalue weighted by Crippen LogP contribution is -2.24. The summed E-state index contributed by atoms with van der Waals surface area (Å²) in [7, 11) is -3.92. The number of hydrogen-bond acceptors (Lipinski definition) is 4. The van der Waals surface area contributed by atoms with Crippen molar-refractivity contribution in [3.05, 3.63) is 24.0 Å². The number of halogens is 1. The first-order valence-electron chi connectivity index (χ1n) is 5.67. The van der Waals surface area contributed by atoms with E-state index < -0.39 is 15.8 Å². The molecule has 0 aliphatic carbocycles. The molecule has 1 aromatic rings. The fraction of sp³-hybridized carbons (Fsp3) is 0.364. The molecule has 0 heterocycles. The molecule has 1 amide bonds. The molecule has 0 fully saturated rings. The number of anilines is 1. The third-order valence-electron chi connectivity index (χ3n) is 2.31. The van der Waals surface area contributed by atoms with Gasteiger partial charge in [-0.05, 0) is 25.1 Å². The zero-order valence-corrected chi connectivity index (χ0v) is 11.3. The molecule has 1 aromatic carbocycles. The van der Waals surface area contributed by atoms with E-state index in [0.29, 0.717) is 6.54 Å². The molecule has 0 atom stereocenters. The van der Waals surface area contributed by atoms with Gasteiger partial charge >= 0.3 is 0 Å². The van der Waals surface area contributed by atoms with Crippen molar-refractivity contribution < 1.29 is 17.6 Å². The predicted molar refractivity (Wildman–Crippen MR) is 69.6 cm³/mol. The number of rotatable bonds is 6. The van der Waals surface area contributed by atoms with E-state index in [1.54, 1.807) is 6.92 Å². The van der Waals surface area contributed by atoms with Gasteiger partial charge in [0.05, 0.1) is 10.6 Å². The topological polar surface area (TPSA) is 101 Å². The van der Waals surface area contributed by atoms with Gasteiger partial charge in [0.25, 0.3) is 0 Å². The van der Waals surface area contributed by atoms with Gasteiger partial charge in [0.15, 0.2) is 0 Å². The van der Waals surface area contributed by atoms with E-state index in [0.717, 1.165) is 6.07 Å². The van der Waals surface area contributed by atoms with Gasteiger partial charge in [-0.3, -0.25) is 4.79 Å². The summed E-state index contributed by atoms with van der Waals surface area (Å²) in [6, 6.07) is 3.31. The Morgan fingerprint density at radius 3 is 2.63 bits per heavy atom. The molecule has 6 nitrogen and oxygen atoms in total. The Balaban J connectivity index is 2.64. The van der Waals surface area contributed by atoms with E-state index in [1.807, 2.05) is 0 Å². The van der Waals surface area contributed by atoms with Gasteiger partial charge in [0.1, 0.15) is 5.82 Å². The number of nitrogens with one attached hydrogen (secondary N) is 2. The van der Waals surface area contributed by atoms with Gasteiger partial charge < -0.3 is 10.6 Å². The smallest absolute Gasteiger partial charge is 0.238 e. The maximum Gasteiger partial charge on any atom is 0.238 e. The molecule has 4 N–H and O–H groups in total. The molecule has 8 heteroatoms. The van der Waals surface area contributed by atoms with Gasteiger partial charge in [-0.1, -0.05) is 0 Å². The lowest BCUT2D eigenvalue weighted by atomic mass is 10.3. The van der Waals surface area contributed by atoms with Crippen LogP contribution in [0.25, 0.3) is 0 Å². The Morgan fingerprint density at radius 2 is 2.11 bits per heavy atom. The van der Waals surface area contributed by atoms with Crippen LogP contribution in [0.5, 0.6) is 0 Å². The number of benzene rings is 1. The number of sulfonamides is 1. The van der Waals surface area contributed by atoms with Crippen molar-refractivity contribution in [2.75, 3.05) is 18.4 Å². The number of carbonyl (C=O) groups is 1. The van der Waals surface area contributed by atoms with Crippen LogP contribution >= 0.6 is 0 Å². The number of amides is 1. The second-order valence-electron chi connectivity index (χ2n) is 3.82. The molecule has 0 aliphatic rings. The molecule has 0 spiro atoms. The van der Waals surface area contributed by atoms with Crippen LogP contribution in [0.2, 0.25) is 0 Å². The molecule has 0 aromatic heterocycles. The van der Waals surface area contributed by atoms with E-state index in [9.17, 15) is 17.6 Å². The quantitative estimate of drug-likeness (QED) is 0.706. The molecule has 0 saturated carbocycles. The SMILES string of the molecule is CCNC(=O)CCNc1ccc(S(N)(=O)=O)cc1F. The standard InChI is InChI=1S/C11H16FN3O3S/c1-2-14-11(16)5-6-15-10-4-3-8(7-9(10)12)19(13,17)18/h3-4,7,15H,2,5-6H2,1H3,(H,14,16)(H2,13,17,18). The second kappa shape index (κ2) is 6.48. The van der Waals surface area contributed by atoms with Crippen molar-refractivity contribution >= 4 is 21.6 Å². The first-order chi connectivity index (χ1) is 8.84. The molecular formula is C11H16FN3O3S. The van der Waals surface area contributed by atoms with E-state index in [2.05, 4.69) is 10.6 Å². The lowest BCUT2D eigenvalue weighted by molar-refractivity contribution is -0.120. The van der Waals surface area contributed by atoms with Crippen molar-refractivity contribution in [3.8, 4) is 0 Å². The van der Waals surface area contributed by atoms with Gasteiger partial charge in [0, 0.05) is 19.5 Å². The van der Waals surface area contributed by atoms with Crippen molar-refractivity contribution in [2.45, 2.75) is 18.2 Å². The summed E-state index contributed by atoms with van der Waals surface area (Å²) in [5.74, 6) is -0.876. The minimum Gasteiger partial charge on any atom is -0.382 e. The van der Waals surface area contributed by atoms with Gasteiger partial charge in [-0.25, -0.2) is 17.9 Å². The van der Waals surface area contributed by atoms with Gasteiger partial charge in [-0.15, -0.1) is 0 Å². The zero-order valence-electron chi connectivity index (χ0n) is 10.4. The monoisotopic (exact) mass is 289 g/mol. The van der Waals surface area contributed by atoms with Crippen LogP contribution in [-0.4, -0.2) is 27.4 Å². The first-order valence-corrected chi connectivity index (χ1v) is 7.22. The van der Waals surface area contributed by atoms with Crippen LogP contribution in [-0.2, 0) is 14.8 Å². The molecule has 106 valence electrons. The van der Waals surface area contributed by atoms with Crippen molar-refractivity contribution in [1.29, 1.82) is 0 Å². The van der Waals surface area contributed by atoms with Crippen LogP contribution < -0.4 is 15.8 Å². The Labute approximate surface area is 111 Å². The highest BCUT2D eigenvalue weighted by Crippen LogP contribution is 2.17. The second-order valence-corrected chi connectivity index (χ2v) is 5.38. The van der Waals surface area contributed by atoms with Gasteiger partial charge in [0.2, 0.25) is 15.9 Å². The maximum atomic E-state index is 13.6. The summed E-state index contributed by atoms with van der Waals surface area (Å²) >= 11 is 0. The van der Waals surface area contributed by atoms with Crippen LogP contribution in [0, 0.1) is 5.82 Å². The third kappa shape index (κ3) is 4.84. The summed E-state index contributed by atoms with van der Waals surface area (Å²) in [4.78, 5) is 10.9. The lowest BCUT2D eigenvalue weighted by Gasteiger charge is -2.08. The number of hydrogen-bond donors (Lipinski definition) is 3. The van der Waals surface area contributed by atoms with Crippen molar-refractivity contribution in [3.63, 3.8) is 0 Å². The number of carbonyl (C=O) groups excluding carboxylic acids is 1. The Morgan fingerprint density at radius 1 is 1.42 bits per heavy atom. The van der Waals surface area contributed by atoms with Crippen molar-refractivity contribution in [1.82, 2.24) is 5.32 Å². The van der Waals surface area contributed by atoms with Gasteiger partial charge in [-0.2, -0.15) is 0 Å². The summed E-state index contributed by atoms with van der Waals surface area (Å²) in [6.45, 7) is 2.59. The Kier molecular flexibility index (Phi) is 5.25. The molecule has 0 unspecified atom stereocenters. The summed E-state index contributed by atoms with van der Waals surface area (Å²) in [5.41, 5.74) is 0.122. The molecule has 19 heavy (non-hydrogen) atoms. The summed E-state index contributed by atoms with van der Waals surface area (Å²) in [5, 5.41) is 10.2. The largest absolute Gasteiger partial charge is 0.382 e. The molecule has 1 rings (SSSR count). The summed E-state index contributed by atoms with van der Waals surface area (Å²) < 4.78 is 35.6. The first kappa shape index (κ1) is 15.4. The minimum absolute atomic E-state index is 0.122. The summed E-state index contributed by atoms with van der Waals surface area (Å²) in [6.07, 6.45) is 0.199. The third-order valence-corrected chi connectivity index (χ3v) is 3.22. The normalized spacial score (nSPS) is 11.1. The molecule has 0 radical (unpaired) electrons. The van der Waals surface area contributed by atoms with E-state index in [4.69, 9.17) is 5.14 Å². The Bertz CT molecular complexity index is 560. The number of primary sulfonamides is 1. The van der Waals surface area contributed by atoms with Crippen LogP contribution in [0.15, 0.2) is 23.1 Å². The minimum atomic E-state index is -3.92. The van der Waals surface area contributed by atoms with Crippen molar-refractivity contribution in [2.24, 2.45) is 5.14 Å². The molecule has 0 bridgehead atoms. The number of nitrogens with two attached hydrogens (primary N) is 1. The fourth-order valence-corrected chi connectivity index (χ4v) is 1.94. The van der Waals surface area contributed by atoms with E-state index in [1.165, 1.54) is 12.1 Å². The molecule has 0 aliphatic heterocycles. The van der Waals surface area contributed by atoms with E-state index in [-0.39, 0.29) is 29.5 Å². The predicted octanol–water partition coefficient (Wildman–Crippen LogP) is 0.411. The van der Waals surface area contributed by atoms with E-state index >= 15 is 0 Å². The highest BCUT2D eigenvalue weighted by molar-refractivity contribution is 7.89. The highest BCUT2D eigenvalue weighted by atomic mass is 32.2. The van der Waals surface area contributed by atoms with Crippen LogP contribution in [0.3, 0.4) is 0 Å². The van der Waals surface area contributed by atoms with Crippen LogP contribution in [0.1, 0.15) is 13.3 Å². The Hall–Kier alpha value is -1.67. The molecular weight excluding hydrogens is 273 g/mol. The fourth-order valence-electron chi connectivity index (χ4n) is 1.41.